The van der Waals surface area contributed by atoms with E-state index in [1.54, 1.807) is 86.6 Å². The van der Waals surface area contributed by atoms with Gasteiger partial charge in [0.25, 0.3) is 11.8 Å². The second-order valence-corrected chi connectivity index (χ2v) is 15.5. The molecule has 2 heterocycles. The number of ether oxygens (including phenoxy) is 4. The van der Waals surface area contributed by atoms with Crippen molar-refractivity contribution >= 4 is 40.9 Å². The first-order chi connectivity index (χ1) is 24.1. The lowest BCUT2D eigenvalue weighted by Crippen LogP contribution is -2.45. The molecule has 15 heteroatoms. The van der Waals surface area contributed by atoms with E-state index in [-0.39, 0.29) is 36.7 Å². The van der Waals surface area contributed by atoms with Gasteiger partial charge in [0.2, 0.25) is 11.6 Å². The van der Waals surface area contributed by atoms with Crippen molar-refractivity contribution in [1.29, 1.82) is 0 Å². The molecule has 0 radical (unpaired) electrons. The van der Waals surface area contributed by atoms with Gasteiger partial charge in [-0.25, -0.2) is 19.2 Å². The number of esters is 1. The van der Waals surface area contributed by atoms with Gasteiger partial charge in [0.15, 0.2) is 7.05 Å². The zero-order valence-electron chi connectivity index (χ0n) is 31.5. The van der Waals surface area contributed by atoms with Crippen LogP contribution in [0, 0.1) is 5.92 Å². The van der Waals surface area contributed by atoms with E-state index in [0.29, 0.717) is 17.4 Å². The molecule has 0 spiro atoms. The van der Waals surface area contributed by atoms with Crippen molar-refractivity contribution in [3.8, 4) is 5.75 Å². The Kier molecular flexibility index (Phi) is 11.9. The summed E-state index contributed by atoms with van der Waals surface area (Å²) in [6.45, 7) is 16.1. The van der Waals surface area contributed by atoms with Crippen molar-refractivity contribution < 1.29 is 52.4 Å². The van der Waals surface area contributed by atoms with Crippen LogP contribution in [0.25, 0.3) is 10.9 Å². The van der Waals surface area contributed by atoms with Crippen LogP contribution in [0.5, 0.6) is 5.75 Å². The van der Waals surface area contributed by atoms with Gasteiger partial charge < -0.3 is 29.6 Å². The SMILES string of the molecule is C[n+]1c2ccc(OCC(ON3C(=O)c4ccccc4C3=O)C(=O)OC(C)(C)C)cc2cn1CC(CNC(=O)OC(C)(C)C)CNC(=O)OC(C)(C)C. The molecule has 1 aliphatic heterocycles. The smallest absolute Gasteiger partial charge is 0.407 e. The number of alkyl carbamates (subject to hydrolysis) is 2. The summed E-state index contributed by atoms with van der Waals surface area (Å²) in [5.74, 6) is -2.07. The number of imide groups is 1. The van der Waals surface area contributed by atoms with E-state index in [0.717, 1.165) is 10.9 Å². The van der Waals surface area contributed by atoms with E-state index in [9.17, 15) is 24.0 Å². The van der Waals surface area contributed by atoms with Gasteiger partial charge in [0.05, 0.1) is 29.3 Å². The minimum absolute atomic E-state index is 0.169. The zero-order chi connectivity index (χ0) is 38.6. The molecule has 3 aromatic rings. The largest absolute Gasteiger partial charge is 0.490 e. The number of carbonyl (C=O) groups is 5. The Labute approximate surface area is 303 Å². The third kappa shape index (κ3) is 10.9. The number of nitrogens with zero attached hydrogens (tertiary/aromatic N) is 3. The maximum absolute atomic E-state index is 13.2. The highest BCUT2D eigenvalue weighted by atomic mass is 16.7. The monoisotopic (exact) mass is 724 g/mol. The maximum Gasteiger partial charge on any atom is 0.407 e. The number of amides is 4. The molecule has 1 aliphatic rings. The van der Waals surface area contributed by atoms with Crippen molar-refractivity contribution in [2.24, 2.45) is 13.0 Å². The fraction of sp³-hybridized carbons (Fsp3) is 0.514. The lowest BCUT2D eigenvalue weighted by Gasteiger charge is -2.25. The summed E-state index contributed by atoms with van der Waals surface area (Å²) in [7, 11) is 1.87. The van der Waals surface area contributed by atoms with Crippen molar-refractivity contribution in [3.63, 3.8) is 0 Å². The van der Waals surface area contributed by atoms with Gasteiger partial charge in [-0.1, -0.05) is 12.1 Å². The van der Waals surface area contributed by atoms with Crippen LogP contribution in [-0.4, -0.2) is 82.3 Å². The normalized spacial score (nSPS) is 13.9. The van der Waals surface area contributed by atoms with E-state index in [2.05, 4.69) is 10.6 Å². The fourth-order valence-electron chi connectivity index (χ4n) is 5.20. The summed E-state index contributed by atoms with van der Waals surface area (Å²) in [4.78, 5) is 69.7. The Morgan fingerprint density at radius 3 is 1.79 bits per heavy atom. The quantitative estimate of drug-likeness (QED) is 0.118. The van der Waals surface area contributed by atoms with Gasteiger partial charge in [0.1, 0.15) is 29.2 Å². The molecule has 0 fully saturated rings. The minimum atomic E-state index is -1.45. The molecule has 52 heavy (non-hydrogen) atoms. The summed E-state index contributed by atoms with van der Waals surface area (Å²) in [6.07, 6.45) is -0.712. The van der Waals surface area contributed by atoms with E-state index in [1.807, 2.05) is 28.7 Å². The Morgan fingerprint density at radius 1 is 0.769 bits per heavy atom. The van der Waals surface area contributed by atoms with Crippen LogP contribution in [0.3, 0.4) is 0 Å². The molecule has 2 N–H and O–H groups in total. The topological polar surface area (TPSA) is 168 Å². The maximum atomic E-state index is 13.2. The molecule has 1 atom stereocenters. The molecule has 15 nitrogen and oxygen atoms in total. The summed E-state index contributed by atoms with van der Waals surface area (Å²) in [6, 6.07) is 11.6. The molecule has 0 aliphatic carbocycles. The molecule has 0 bridgehead atoms. The molecule has 4 amide bonds. The van der Waals surface area contributed by atoms with Gasteiger partial charge in [-0.05, 0) is 86.6 Å². The van der Waals surface area contributed by atoms with Gasteiger partial charge in [-0.2, -0.15) is 4.68 Å². The van der Waals surface area contributed by atoms with E-state index >= 15 is 0 Å². The number of rotatable bonds is 12. The van der Waals surface area contributed by atoms with Crippen molar-refractivity contribution in [3.05, 3.63) is 59.8 Å². The van der Waals surface area contributed by atoms with Gasteiger partial charge in [0, 0.05) is 25.1 Å². The molecule has 282 valence electrons. The van der Waals surface area contributed by atoms with Crippen LogP contribution >= 0.6 is 0 Å². The van der Waals surface area contributed by atoms with Crippen molar-refractivity contribution in [1.82, 2.24) is 20.4 Å². The molecular weight excluding hydrogens is 674 g/mol. The Balaban J connectivity index is 1.50. The number of fused-ring (bicyclic) bond motifs is 2. The molecule has 1 unspecified atom stereocenters. The van der Waals surface area contributed by atoms with Gasteiger partial charge in [-0.15, -0.1) is 9.75 Å². The van der Waals surface area contributed by atoms with Crippen LogP contribution in [0.4, 0.5) is 9.59 Å². The second-order valence-electron chi connectivity index (χ2n) is 15.5. The first-order valence-corrected chi connectivity index (χ1v) is 17.0. The van der Waals surface area contributed by atoms with Gasteiger partial charge >= 0.3 is 18.2 Å². The number of hydroxylamine groups is 2. The predicted molar refractivity (Wildman–Crippen MR) is 188 cm³/mol. The standard InChI is InChI=1S/C37H49N5O10/c1-35(2,3)49-32(45)29(52-42-30(43)26-13-11-12-14-27(26)31(42)44)22-48-25-15-16-28-24(17-25)21-41(40(28)10)20-23(18-38-33(46)50-36(4,5)6)19-39-34(47)51-37(7,8)9/h11-17,21,23,29H,18-20,22H2,1-10H3,(H-,38,39,46,47)/p+1. The summed E-state index contributed by atoms with van der Waals surface area (Å²) in [5.41, 5.74) is -1.04. The number of nitrogens with one attached hydrogen (secondary N) is 2. The molecular formula is C37H50N5O10+. The van der Waals surface area contributed by atoms with Crippen LogP contribution < -0.4 is 20.1 Å². The lowest BCUT2D eigenvalue weighted by atomic mass is 10.1. The van der Waals surface area contributed by atoms with Crippen LogP contribution in [-0.2, 0) is 37.4 Å². The van der Waals surface area contributed by atoms with Gasteiger partial charge in [-0.3, -0.25) is 9.59 Å². The Morgan fingerprint density at radius 2 is 1.29 bits per heavy atom. The Bertz CT molecular complexity index is 1750. The number of carbonyl (C=O) groups excluding carboxylic acids is 5. The highest BCUT2D eigenvalue weighted by Crippen LogP contribution is 2.25. The number of aryl methyl sites for hydroxylation is 1. The van der Waals surface area contributed by atoms with Crippen molar-refractivity contribution in [2.75, 3.05) is 19.7 Å². The first kappa shape index (κ1) is 39.6. The van der Waals surface area contributed by atoms with E-state index in [4.69, 9.17) is 23.8 Å². The minimum Gasteiger partial charge on any atom is -0.490 e. The predicted octanol–water partition coefficient (Wildman–Crippen LogP) is 4.45. The highest BCUT2D eigenvalue weighted by Gasteiger charge is 2.41. The Hall–Kier alpha value is -5.18. The van der Waals surface area contributed by atoms with Crippen molar-refractivity contribution in [2.45, 2.75) is 91.8 Å². The van der Waals surface area contributed by atoms with Crippen LogP contribution in [0.15, 0.2) is 48.7 Å². The molecule has 2 aromatic carbocycles. The lowest BCUT2D eigenvalue weighted by molar-refractivity contribution is -0.731. The summed E-state index contributed by atoms with van der Waals surface area (Å²) in [5, 5.41) is 6.93. The number of benzene rings is 2. The van der Waals surface area contributed by atoms with Crippen LogP contribution in [0.2, 0.25) is 0 Å². The van der Waals surface area contributed by atoms with E-state index < -0.39 is 52.9 Å². The zero-order valence-corrected chi connectivity index (χ0v) is 31.5. The molecule has 0 saturated heterocycles. The fourth-order valence-corrected chi connectivity index (χ4v) is 5.20. The number of aromatic nitrogens is 2. The summed E-state index contributed by atoms with van der Waals surface area (Å²) >= 11 is 0. The highest BCUT2D eigenvalue weighted by molar-refractivity contribution is 6.20. The third-order valence-corrected chi connectivity index (χ3v) is 7.39. The molecule has 0 saturated carbocycles. The molecule has 4 rings (SSSR count). The van der Waals surface area contributed by atoms with Crippen LogP contribution in [0.1, 0.15) is 83.0 Å². The number of hydrogen-bond acceptors (Lipinski definition) is 10. The molecule has 1 aromatic heterocycles. The second kappa shape index (κ2) is 15.6. The average Bonchev–Trinajstić information content (AvgIpc) is 3.45. The number of hydrogen-bond donors (Lipinski definition) is 2. The first-order valence-electron chi connectivity index (χ1n) is 17.0. The summed E-state index contributed by atoms with van der Waals surface area (Å²) < 4.78 is 26.2. The average molecular weight is 725 g/mol. The van der Waals surface area contributed by atoms with E-state index in [1.165, 1.54) is 12.1 Å². The third-order valence-electron chi connectivity index (χ3n) is 7.39.